The first-order valence-electron chi connectivity index (χ1n) is 4.69. The molecule has 1 heterocycles. The summed E-state index contributed by atoms with van der Waals surface area (Å²) in [7, 11) is 0. The van der Waals surface area contributed by atoms with Gasteiger partial charge >= 0.3 is 6.61 Å². The molecule has 0 aliphatic carbocycles. The van der Waals surface area contributed by atoms with Crippen molar-refractivity contribution in [1.82, 2.24) is 5.32 Å². The number of nitrogens with one attached hydrogen (secondary N) is 1. The monoisotopic (exact) mass is 233 g/mol. The highest BCUT2D eigenvalue weighted by Crippen LogP contribution is 2.30. The van der Waals surface area contributed by atoms with Gasteiger partial charge in [0.25, 0.3) is 0 Å². The van der Waals surface area contributed by atoms with E-state index in [1.807, 2.05) is 0 Å². The fraction of sp³-hybridized carbons (Fsp3) is 0.400. The summed E-state index contributed by atoms with van der Waals surface area (Å²) in [5.74, 6) is -1.01. The van der Waals surface area contributed by atoms with Gasteiger partial charge < -0.3 is 15.2 Å². The molecule has 0 saturated carbocycles. The Kier molecular flexibility index (Phi) is 2.77. The number of rotatable bonds is 3. The minimum atomic E-state index is -2.99. The van der Waals surface area contributed by atoms with Crippen LogP contribution in [0.1, 0.15) is 5.56 Å². The van der Waals surface area contributed by atoms with Crippen LogP contribution in [0.25, 0.3) is 0 Å². The summed E-state index contributed by atoms with van der Waals surface area (Å²) < 4.78 is 41.3. The highest BCUT2D eigenvalue weighted by Gasteiger charge is 2.38. The lowest BCUT2D eigenvalue weighted by Gasteiger charge is -2.38. The zero-order chi connectivity index (χ0) is 11.8. The van der Waals surface area contributed by atoms with E-state index in [1.165, 1.54) is 12.1 Å². The highest BCUT2D eigenvalue weighted by atomic mass is 19.3. The molecule has 1 saturated heterocycles. The fourth-order valence-corrected chi connectivity index (χ4v) is 1.60. The average molecular weight is 233 g/mol. The van der Waals surface area contributed by atoms with Crippen LogP contribution in [0.5, 0.6) is 5.75 Å². The summed E-state index contributed by atoms with van der Waals surface area (Å²) in [6.07, 6.45) is 0. The molecule has 0 amide bonds. The Morgan fingerprint density at radius 1 is 1.38 bits per heavy atom. The molecule has 6 heteroatoms. The van der Waals surface area contributed by atoms with Crippen molar-refractivity contribution in [3.8, 4) is 5.75 Å². The Balaban J connectivity index is 2.23. The molecule has 0 spiro atoms. The van der Waals surface area contributed by atoms with Gasteiger partial charge in [-0.05, 0) is 12.1 Å². The van der Waals surface area contributed by atoms with Crippen molar-refractivity contribution < 1.29 is 23.0 Å². The van der Waals surface area contributed by atoms with E-state index in [0.29, 0.717) is 0 Å². The fourth-order valence-electron chi connectivity index (χ4n) is 1.60. The van der Waals surface area contributed by atoms with Crippen molar-refractivity contribution in [3.63, 3.8) is 0 Å². The minimum Gasteiger partial charge on any atom is -0.435 e. The lowest BCUT2D eigenvalue weighted by Crippen LogP contribution is -2.57. The summed E-state index contributed by atoms with van der Waals surface area (Å²) >= 11 is 0. The zero-order valence-electron chi connectivity index (χ0n) is 8.21. The van der Waals surface area contributed by atoms with Crippen molar-refractivity contribution in [2.45, 2.75) is 12.2 Å². The number of ether oxygens (including phenoxy) is 1. The molecule has 0 bridgehead atoms. The van der Waals surface area contributed by atoms with Gasteiger partial charge in [0, 0.05) is 24.7 Å². The quantitative estimate of drug-likeness (QED) is 0.824. The lowest BCUT2D eigenvalue weighted by molar-refractivity contribution is -0.0502. The van der Waals surface area contributed by atoms with Crippen LogP contribution < -0.4 is 10.1 Å². The summed E-state index contributed by atoms with van der Waals surface area (Å²) in [6, 6.07) is 3.31. The molecule has 0 aromatic heterocycles. The predicted octanol–water partition coefficient (Wildman–Crippen LogP) is 1.22. The van der Waals surface area contributed by atoms with Gasteiger partial charge in [0.2, 0.25) is 0 Å². The second-order valence-electron chi connectivity index (χ2n) is 3.66. The molecule has 88 valence electrons. The molecule has 0 atom stereocenters. The zero-order valence-corrected chi connectivity index (χ0v) is 8.21. The highest BCUT2D eigenvalue weighted by molar-refractivity contribution is 5.34. The third-order valence-corrected chi connectivity index (χ3v) is 2.50. The second kappa shape index (κ2) is 3.95. The minimum absolute atomic E-state index is 0.0906. The maximum absolute atomic E-state index is 13.5. The van der Waals surface area contributed by atoms with Crippen molar-refractivity contribution >= 4 is 0 Å². The number of β-amino-alcohol motifs (C(OH)–C–C–N with tert-alkyl or cyclic N) is 1. The normalized spacial score (nSPS) is 18.3. The van der Waals surface area contributed by atoms with Crippen LogP contribution in [0.15, 0.2) is 18.2 Å². The molecule has 1 aliphatic rings. The van der Waals surface area contributed by atoms with Gasteiger partial charge in [0.05, 0.1) is 0 Å². The Hall–Kier alpha value is -1.27. The maximum atomic E-state index is 13.5. The van der Waals surface area contributed by atoms with Crippen LogP contribution in [-0.2, 0) is 5.60 Å². The van der Waals surface area contributed by atoms with E-state index in [1.54, 1.807) is 0 Å². The van der Waals surface area contributed by atoms with E-state index in [4.69, 9.17) is 0 Å². The molecule has 16 heavy (non-hydrogen) atoms. The Morgan fingerprint density at radius 2 is 2.06 bits per heavy atom. The number of hydrogen-bond acceptors (Lipinski definition) is 3. The smallest absolute Gasteiger partial charge is 0.387 e. The Labute approximate surface area is 89.8 Å². The molecule has 2 N–H and O–H groups in total. The lowest BCUT2D eigenvalue weighted by atomic mass is 9.88. The van der Waals surface area contributed by atoms with Gasteiger partial charge in [-0.25, -0.2) is 4.39 Å². The Morgan fingerprint density at radius 3 is 2.50 bits per heavy atom. The molecular formula is C10H10F3NO2. The van der Waals surface area contributed by atoms with E-state index in [2.05, 4.69) is 10.1 Å². The first-order chi connectivity index (χ1) is 7.51. The molecular weight excluding hydrogens is 223 g/mol. The molecule has 3 nitrogen and oxygen atoms in total. The number of hydrogen-bond donors (Lipinski definition) is 2. The van der Waals surface area contributed by atoms with E-state index >= 15 is 0 Å². The standard InChI is InChI=1S/C10H10F3NO2/c11-8-3-6(16-9(12)13)1-2-7(8)10(15)4-14-5-10/h1-3,9,14-15H,4-5H2. The van der Waals surface area contributed by atoms with Crippen LogP contribution in [0.2, 0.25) is 0 Å². The van der Waals surface area contributed by atoms with Gasteiger partial charge in [-0.1, -0.05) is 0 Å². The van der Waals surface area contributed by atoms with E-state index in [-0.39, 0.29) is 24.4 Å². The van der Waals surface area contributed by atoms with Crippen molar-refractivity contribution in [1.29, 1.82) is 0 Å². The number of benzene rings is 1. The molecule has 1 fully saturated rings. The predicted molar refractivity (Wildman–Crippen MR) is 49.8 cm³/mol. The summed E-state index contributed by atoms with van der Waals surface area (Å²) in [4.78, 5) is 0. The average Bonchev–Trinajstić information content (AvgIpc) is 2.13. The van der Waals surface area contributed by atoms with Gasteiger partial charge in [0.1, 0.15) is 17.2 Å². The van der Waals surface area contributed by atoms with E-state index < -0.39 is 18.0 Å². The van der Waals surface area contributed by atoms with E-state index in [9.17, 15) is 18.3 Å². The molecule has 1 aromatic rings. The van der Waals surface area contributed by atoms with Crippen molar-refractivity contribution in [2.75, 3.05) is 13.1 Å². The van der Waals surface area contributed by atoms with Crippen LogP contribution in [0.3, 0.4) is 0 Å². The largest absolute Gasteiger partial charge is 0.435 e. The van der Waals surface area contributed by atoms with Gasteiger partial charge in [0.15, 0.2) is 0 Å². The first kappa shape index (κ1) is 11.2. The molecule has 0 unspecified atom stereocenters. The van der Waals surface area contributed by atoms with Gasteiger partial charge in [-0.15, -0.1) is 0 Å². The molecule has 0 radical (unpaired) electrons. The maximum Gasteiger partial charge on any atom is 0.387 e. The van der Waals surface area contributed by atoms with Crippen LogP contribution in [0.4, 0.5) is 13.2 Å². The third kappa shape index (κ3) is 1.98. The van der Waals surface area contributed by atoms with Crippen molar-refractivity contribution in [2.24, 2.45) is 0 Å². The molecule has 1 aliphatic heterocycles. The third-order valence-electron chi connectivity index (χ3n) is 2.50. The Bertz CT molecular complexity index is 394. The summed E-state index contributed by atoms with van der Waals surface area (Å²) in [6.45, 7) is -2.49. The molecule has 2 rings (SSSR count). The topological polar surface area (TPSA) is 41.5 Å². The van der Waals surface area contributed by atoms with Gasteiger partial charge in [-0.3, -0.25) is 0 Å². The summed E-state index contributed by atoms with van der Waals surface area (Å²) in [5, 5.41) is 12.6. The first-order valence-corrected chi connectivity index (χ1v) is 4.69. The van der Waals surface area contributed by atoms with Crippen molar-refractivity contribution in [3.05, 3.63) is 29.6 Å². The second-order valence-corrected chi connectivity index (χ2v) is 3.66. The van der Waals surface area contributed by atoms with Crippen LogP contribution in [-0.4, -0.2) is 24.8 Å². The van der Waals surface area contributed by atoms with Crippen LogP contribution in [0, 0.1) is 5.82 Å². The van der Waals surface area contributed by atoms with Gasteiger partial charge in [-0.2, -0.15) is 8.78 Å². The summed E-state index contributed by atoms with van der Waals surface area (Å²) in [5.41, 5.74) is -1.15. The number of aliphatic hydroxyl groups is 1. The number of halogens is 3. The van der Waals surface area contributed by atoms with E-state index in [0.717, 1.165) is 6.07 Å². The van der Waals surface area contributed by atoms with Crippen LogP contribution >= 0.6 is 0 Å². The molecule has 1 aromatic carbocycles. The SMILES string of the molecule is OC1(c2ccc(OC(F)F)cc2F)CNC1. The number of alkyl halides is 2.